The quantitative estimate of drug-likeness (QED) is 0.427. The lowest BCUT2D eigenvalue weighted by molar-refractivity contribution is -0.141. The third-order valence-electron chi connectivity index (χ3n) is 9.91. The molecule has 1 aromatic carbocycles. The fourth-order valence-corrected chi connectivity index (χ4v) is 8.06. The van der Waals surface area contributed by atoms with Crippen LogP contribution in [0, 0.1) is 34.5 Å². The molecule has 0 aromatic heterocycles. The van der Waals surface area contributed by atoms with Crippen molar-refractivity contribution in [3.63, 3.8) is 0 Å². The number of amides is 2. The lowest BCUT2D eigenvalue weighted by Gasteiger charge is -2.58. The zero-order valence-corrected chi connectivity index (χ0v) is 20.6. The van der Waals surface area contributed by atoms with Gasteiger partial charge >= 0.3 is 12.4 Å². The van der Waals surface area contributed by atoms with Crippen molar-refractivity contribution in [2.24, 2.45) is 34.5 Å². The highest BCUT2D eigenvalue weighted by Crippen LogP contribution is 2.65. The van der Waals surface area contributed by atoms with Gasteiger partial charge in [0.1, 0.15) is 0 Å². The highest BCUT2D eigenvalue weighted by Gasteiger charge is 2.61. The molecule has 0 radical (unpaired) electrons. The Hall–Kier alpha value is -2.52. The van der Waals surface area contributed by atoms with Gasteiger partial charge in [-0.2, -0.15) is 26.3 Å². The van der Waals surface area contributed by atoms with E-state index in [0.717, 1.165) is 25.7 Å². The van der Waals surface area contributed by atoms with Crippen LogP contribution in [-0.2, 0) is 21.9 Å². The summed E-state index contributed by atoms with van der Waals surface area (Å²) in [5.41, 5.74) is -4.06. The van der Waals surface area contributed by atoms with Crippen LogP contribution in [0.3, 0.4) is 0 Å². The first kappa shape index (κ1) is 26.1. The molecule has 3 aliphatic carbocycles. The van der Waals surface area contributed by atoms with Gasteiger partial charge in [-0.1, -0.05) is 19.9 Å². The van der Waals surface area contributed by atoms with Gasteiger partial charge in [-0.3, -0.25) is 9.59 Å². The van der Waals surface area contributed by atoms with Crippen molar-refractivity contribution < 1.29 is 35.9 Å². The Morgan fingerprint density at radius 3 is 2.38 bits per heavy atom. The molecule has 7 atom stereocenters. The number of nitrogens with one attached hydrogen (secondary N) is 2. The molecule has 4 aliphatic rings. The van der Waals surface area contributed by atoms with Crippen LogP contribution in [0.15, 0.2) is 30.4 Å². The van der Waals surface area contributed by atoms with Gasteiger partial charge in [0.05, 0.1) is 16.8 Å². The summed E-state index contributed by atoms with van der Waals surface area (Å²) in [5, 5.41) is 5.33. The van der Waals surface area contributed by atoms with Crippen molar-refractivity contribution in [3.05, 3.63) is 41.5 Å². The molecule has 1 aliphatic heterocycles. The van der Waals surface area contributed by atoms with Gasteiger partial charge in [0.2, 0.25) is 11.8 Å². The van der Waals surface area contributed by atoms with E-state index in [1.807, 2.05) is 13.0 Å². The predicted octanol–water partition coefficient (Wildman–Crippen LogP) is 6.58. The first-order valence-corrected chi connectivity index (χ1v) is 12.7. The summed E-state index contributed by atoms with van der Waals surface area (Å²) in [6, 6.07) is 1.18. The fourth-order valence-electron chi connectivity index (χ4n) is 8.06. The summed E-state index contributed by atoms with van der Waals surface area (Å²) in [7, 11) is 0. The second kappa shape index (κ2) is 8.50. The van der Waals surface area contributed by atoms with Crippen molar-refractivity contribution >= 4 is 17.5 Å². The van der Waals surface area contributed by atoms with E-state index in [0.29, 0.717) is 42.9 Å². The summed E-state index contributed by atoms with van der Waals surface area (Å²) < 4.78 is 80.4. The molecule has 0 unspecified atom stereocenters. The maximum absolute atomic E-state index is 13.6. The normalized spacial score (nSPS) is 37.3. The number of carbonyl (C=O) groups excluding carboxylic acids is 2. The summed E-state index contributed by atoms with van der Waals surface area (Å²) in [4.78, 5) is 25.3. The molecule has 2 amide bonds. The SMILES string of the molecule is C[C@]12C=CC(=O)N[C@@H]1CC[C@@H]1[C@H]2CC[C@]2(C)[C@H](C(=O)Nc3cc(C(F)(F)F)ccc3C(F)(F)F)CC[C@@H]12. The van der Waals surface area contributed by atoms with Crippen LogP contribution in [-0.4, -0.2) is 17.9 Å². The van der Waals surface area contributed by atoms with E-state index in [1.54, 1.807) is 6.08 Å². The number of carbonyl (C=O) groups is 2. The number of fused-ring (bicyclic) bond motifs is 5. The zero-order chi connectivity index (χ0) is 27.0. The van der Waals surface area contributed by atoms with E-state index in [4.69, 9.17) is 0 Å². The minimum absolute atomic E-state index is 0.0535. The number of benzene rings is 1. The molecular formula is C27H30F6N2O2. The van der Waals surface area contributed by atoms with Gasteiger partial charge in [-0.25, -0.2) is 0 Å². The van der Waals surface area contributed by atoms with Crippen LogP contribution in [0.2, 0.25) is 0 Å². The first-order chi connectivity index (χ1) is 17.1. The van der Waals surface area contributed by atoms with Crippen LogP contribution in [0.25, 0.3) is 0 Å². The molecule has 0 bridgehead atoms. The van der Waals surface area contributed by atoms with E-state index >= 15 is 0 Å². The Kier molecular flexibility index (Phi) is 5.99. The largest absolute Gasteiger partial charge is 0.418 e. The number of hydrogen-bond acceptors (Lipinski definition) is 2. The minimum atomic E-state index is -4.91. The van der Waals surface area contributed by atoms with Gasteiger partial charge < -0.3 is 10.6 Å². The number of halogens is 6. The monoisotopic (exact) mass is 528 g/mol. The van der Waals surface area contributed by atoms with E-state index < -0.39 is 46.4 Å². The van der Waals surface area contributed by atoms with Gasteiger partial charge in [0, 0.05) is 17.4 Å². The molecule has 0 saturated heterocycles. The molecule has 1 heterocycles. The molecule has 0 spiro atoms. The Morgan fingerprint density at radius 1 is 0.973 bits per heavy atom. The van der Waals surface area contributed by atoms with Crippen molar-refractivity contribution in [3.8, 4) is 0 Å². The van der Waals surface area contributed by atoms with Crippen molar-refractivity contribution in [1.29, 1.82) is 0 Å². The third-order valence-corrected chi connectivity index (χ3v) is 9.91. The van der Waals surface area contributed by atoms with Crippen LogP contribution < -0.4 is 10.6 Å². The summed E-state index contributed by atoms with van der Waals surface area (Å²) in [5.74, 6) is -0.555. The summed E-state index contributed by atoms with van der Waals surface area (Å²) in [6.45, 7) is 4.17. The summed E-state index contributed by atoms with van der Waals surface area (Å²) in [6.07, 6.45) is -1.73. The Morgan fingerprint density at radius 2 is 1.70 bits per heavy atom. The second-order valence-corrected chi connectivity index (χ2v) is 11.6. The third kappa shape index (κ3) is 4.24. The molecule has 3 saturated carbocycles. The van der Waals surface area contributed by atoms with Gasteiger partial charge in [-0.15, -0.1) is 0 Å². The first-order valence-electron chi connectivity index (χ1n) is 12.7. The predicted molar refractivity (Wildman–Crippen MR) is 124 cm³/mol. The summed E-state index contributed by atoms with van der Waals surface area (Å²) >= 11 is 0. The van der Waals surface area contributed by atoms with E-state index in [1.165, 1.54) is 0 Å². The van der Waals surface area contributed by atoms with Crippen LogP contribution in [0.4, 0.5) is 32.0 Å². The van der Waals surface area contributed by atoms with Crippen LogP contribution in [0.5, 0.6) is 0 Å². The lowest BCUT2D eigenvalue weighted by Crippen LogP contribution is -2.59. The Labute approximate surface area is 211 Å². The molecule has 1 aromatic rings. The number of rotatable bonds is 2. The maximum atomic E-state index is 13.6. The van der Waals surface area contributed by atoms with E-state index in [2.05, 4.69) is 17.6 Å². The average Bonchev–Trinajstić information content (AvgIpc) is 3.15. The van der Waals surface area contributed by atoms with Gasteiger partial charge in [0.25, 0.3) is 0 Å². The smallest absolute Gasteiger partial charge is 0.349 e. The molecule has 5 rings (SSSR count). The van der Waals surface area contributed by atoms with Gasteiger partial charge in [-0.05, 0) is 86.0 Å². The minimum Gasteiger partial charge on any atom is -0.349 e. The Balaban J connectivity index is 1.40. The molecule has 2 N–H and O–H groups in total. The molecule has 10 heteroatoms. The number of anilines is 1. The fraction of sp³-hybridized carbons (Fsp3) is 0.630. The highest BCUT2D eigenvalue weighted by molar-refractivity contribution is 5.94. The average molecular weight is 529 g/mol. The standard InChI is InChI=1S/C27H30F6N2O2/c1-24-11-9-17-15(4-8-21-25(17,2)12-10-22(36)35-21)16(24)6-7-19(24)23(37)34-20-13-14(26(28,29)30)3-5-18(20)27(31,32)33/h3,5,10,12-13,15-17,19,21H,4,6-9,11H2,1-2H3,(H,34,37)(H,35,36)/t15-,16-,17+,19-,21+,24-,25+/m0/s1. The topological polar surface area (TPSA) is 58.2 Å². The van der Waals surface area contributed by atoms with Crippen molar-refractivity contribution in [1.82, 2.24) is 5.32 Å². The molecule has 3 fully saturated rings. The molecule has 37 heavy (non-hydrogen) atoms. The van der Waals surface area contributed by atoms with Crippen molar-refractivity contribution in [2.75, 3.05) is 5.32 Å². The van der Waals surface area contributed by atoms with Gasteiger partial charge in [0.15, 0.2) is 0 Å². The second-order valence-electron chi connectivity index (χ2n) is 11.6. The van der Waals surface area contributed by atoms with E-state index in [-0.39, 0.29) is 23.3 Å². The van der Waals surface area contributed by atoms with Crippen LogP contribution in [0.1, 0.15) is 63.5 Å². The molecule has 202 valence electrons. The van der Waals surface area contributed by atoms with E-state index in [9.17, 15) is 35.9 Å². The lowest BCUT2D eigenvalue weighted by atomic mass is 9.48. The van der Waals surface area contributed by atoms with Crippen molar-refractivity contribution in [2.45, 2.75) is 70.8 Å². The number of hydrogen-bond donors (Lipinski definition) is 2. The number of alkyl halides is 6. The zero-order valence-electron chi connectivity index (χ0n) is 20.6. The molecule has 4 nitrogen and oxygen atoms in total. The van der Waals surface area contributed by atoms with Crippen LogP contribution >= 0.6 is 0 Å². The molecular weight excluding hydrogens is 498 g/mol. The maximum Gasteiger partial charge on any atom is 0.418 e. The Bertz CT molecular complexity index is 1140. The highest BCUT2D eigenvalue weighted by atomic mass is 19.4.